The van der Waals surface area contributed by atoms with Crippen molar-refractivity contribution in [2.45, 2.75) is 39.0 Å². The fraction of sp³-hybridized carbons (Fsp3) is 0.400. The van der Waals surface area contributed by atoms with Crippen molar-refractivity contribution in [2.24, 2.45) is 0 Å². The third kappa shape index (κ3) is 4.35. The molecule has 0 amide bonds. The summed E-state index contributed by atoms with van der Waals surface area (Å²) in [5.74, 6) is 0. The molecule has 1 aliphatic rings. The van der Waals surface area contributed by atoms with E-state index in [0.29, 0.717) is 12.1 Å². The molecular weight excluding hydrogens is 304 g/mol. The quantitative estimate of drug-likeness (QED) is 0.819. The van der Waals surface area contributed by atoms with Gasteiger partial charge >= 0.3 is 0 Å². The van der Waals surface area contributed by atoms with Crippen molar-refractivity contribution < 1.29 is 0 Å². The number of piperazine rings is 1. The summed E-state index contributed by atoms with van der Waals surface area (Å²) >= 11 is 6.11. The Morgan fingerprint density at radius 2 is 1.39 bits per heavy atom. The Labute approximate surface area is 144 Å². The summed E-state index contributed by atoms with van der Waals surface area (Å²) in [5, 5.41) is 0.825. The van der Waals surface area contributed by atoms with Crippen LogP contribution in [0.25, 0.3) is 0 Å². The molecule has 1 heterocycles. The van der Waals surface area contributed by atoms with Crippen molar-refractivity contribution in [1.29, 1.82) is 0 Å². The molecule has 0 radical (unpaired) electrons. The van der Waals surface area contributed by atoms with Crippen molar-refractivity contribution in [3.05, 3.63) is 70.7 Å². The highest BCUT2D eigenvalue weighted by Crippen LogP contribution is 2.21. The third-order valence-electron chi connectivity index (χ3n) is 4.75. The summed E-state index contributed by atoms with van der Waals surface area (Å²) in [7, 11) is 0. The molecule has 2 atom stereocenters. The van der Waals surface area contributed by atoms with Crippen LogP contribution in [0.1, 0.15) is 25.0 Å². The molecule has 0 unspecified atom stereocenters. The van der Waals surface area contributed by atoms with E-state index in [-0.39, 0.29) is 0 Å². The highest BCUT2D eigenvalue weighted by molar-refractivity contribution is 6.30. The molecule has 1 aliphatic heterocycles. The third-order valence-corrected chi connectivity index (χ3v) is 4.98. The highest BCUT2D eigenvalue weighted by Gasteiger charge is 2.28. The monoisotopic (exact) mass is 328 g/mol. The molecular formula is C20H25ClN2. The largest absolute Gasteiger partial charge is 0.294 e. The molecule has 0 spiro atoms. The maximum Gasteiger partial charge on any atom is 0.0409 e. The molecule has 122 valence electrons. The van der Waals surface area contributed by atoms with E-state index in [4.69, 9.17) is 11.6 Å². The lowest BCUT2D eigenvalue weighted by atomic mass is 10.1. The maximum absolute atomic E-state index is 6.11. The second kappa shape index (κ2) is 7.48. The predicted octanol–water partition coefficient (Wildman–Crippen LogP) is 4.43. The van der Waals surface area contributed by atoms with Gasteiger partial charge in [0.2, 0.25) is 0 Å². The van der Waals surface area contributed by atoms with E-state index in [9.17, 15) is 0 Å². The van der Waals surface area contributed by atoms with E-state index < -0.39 is 0 Å². The first-order valence-electron chi connectivity index (χ1n) is 8.38. The van der Waals surface area contributed by atoms with Crippen molar-refractivity contribution in [2.75, 3.05) is 13.1 Å². The standard InChI is InChI=1S/C20H25ClN2/c1-16-13-23(15-19-9-6-10-20(21)11-19)17(2)12-22(16)14-18-7-4-3-5-8-18/h3-11,16-17H,12-15H2,1-2H3/t16-,17+/m0/s1. The number of benzene rings is 2. The van der Waals surface area contributed by atoms with E-state index >= 15 is 0 Å². The molecule has 0 aromatic heterocycles. The van der Waals surface area contributed by atoms with E-state index in [0.717, 1.165) is 31.2 Å². The minimum Gasteiger partial charge on any atom is -0.294 e. The Balaban J connectivity index is 1.62. The lowest BCUT2D eigenvalue weighted by molar-refractivity contribution is 0.0328. The molecule has 1 saturated heterocycles. The average molecular weight is 329 g/mol. The van der Waals surface area contributed by atoms with Crippen LogP contribution in [0.15, 0.2) is 54.6 Å². The zero-order chi connectivity index (χ0) is 16.2. The Morgan fingerprint density at radius 3 is 2.00 bits per heavy atom. The summed E-state index contributed by atoms with van der Waals surface area (Å²) in [6, 6.07) is 20.1. The molecule has 0 N–H and O–H groups in total. The molecule has 23 heavy (non-hydrogen) atoms. The smallest absolute Gasteiger partial charge is 0.0409 e. The minimum atomic E-state index is 0.550. The number of hydrogen-bond donors (Lipinski definition) is 0. The van der Waals surface area contributed by atoms with E-state index in [1.54, 1.807) is 0 Å². The topological polar surface area (TPSA) is 6.48 Å². The van der Waals surface area contributed by atoms with Crippen LogP contribution in [-0.4, -0.2) is 35.0 Å². The Kier molecular flexibility index (Phi) is 5.37. The molecule has 0 aliphatic carbocycles. The van der Waals surface area contributed by atoms with Crippen LogP contribution in [0, 0.1) is 0 Å². The van der Waals surface area contributed by atoms with Crippen LogP contribution >= 0.6 is 11.6 Å². The SMILES string of the molecule is C[C@@H]1CN(Cc2ccccc2)[C@@H](C)CN1Cc1cccc(Cl)c1. The summed E-state index contributed by atoms with van der Waals surface area (Å²) < 4.78 is 0. The second-order valence-electron chi connectivity index (χ2n) is 6.67. The molecule has 3 heteroatoms. The predicted molar refractivity (Wildman–Crippen MR) is 97.6 cm³/mol. The first-order valence-corrected chi connectivity index (χ1v) is 8.76. The summed E-state index contributed by atoms with van der Waals surface area (Å²) in [5.41, 5.74) is 2.70. The Bertz CT molecular complexity index is 629. The van der Waals surface area contributed by atoms with Crippen molar-refractivity contribution in [3.8, 4) is 0 Å². The van der Waals surface area contributed by atoms with Gasteiger partial charge in [-0.3, -0.25) is 9.80 Å². The van der Waals surface area contributed by atoms with Gasteiger partial charge in [0.15, 0.2) is 0 Å². The van der Waals surface area contributed by atoms with Crippen LogP contribution < -0.4 is 0 Å². The van der Waals surface area contributed by atoms with Crippen LogP contribution in [0.5, 0.6) is 0 Å². The first-order chi connectivity index (χ1) is 11.1. The second-order valence-corrected chi connectivity index (χ2v) is 7.11. The lowest BCUT2D eigenvalue weighted by Gasteiger charge is -2.44. The van der Waals surface area contributed by atoms with Gasteiger partial charge in [0, 0.05) is 43.3 Å². The highest BCUT2D eigenvalue weighted by atomic mass is 35.5. The normalized spacial score (nSPS) is 23.1. The van der Waals surface area contributed by atoms with Crippen molar-refractivity contribution >= 4 is 11.6 Å². The fourth-order valence-electron chi connectivity index (χ4n) is 3.40. The van der Waals surface area contributed by atoms with Crippen molar-refractivity contribution in [1.82, 2.24) is 9.80 Å². The van der Waals surface area contributed by atoms with Crippen LogP contribution in [0.4, 0.5) is 0 Å². The van der Waals surface area contributed by atoms with E-state index in [1.807, 2.05) is 12.1 Å². The van der Waals surface area contributed by atoms with Gasteiger partial charge < -0.3 is 0 Å². The minimum absolute atomic E-state index is 0.550. The zero-order valence-corrected chi connectivity index (χ0v) is 14.7. The van der Waals surface area contributed by atoms with Crippen LogP contribution in [0.3, 0.4) is 0 Å². The van der Waals surface area contributed by atoms with E-state index in [2.05, 4.69) is 66.1 Å². The maximum atomic E-state index is 6.11. The Hall–Kier alpha value is -1.35. The summed E-state index contributed by atoms with van der Waals surface area (Å²) in [6.45, 7) is 8.88. The van der Waals surface area contributed by atoms with Gasteiger partial charge in [0.05, 0.1) is 0 Å². The van der Waals surface area contributed by atoms with Gasteiger partial charge in [0.25, 0.3) is 0 Å². The van der Waals surface area contributed by atoms with Gasteiger partial charge in [-0.1, -0.05) is 54.1 Å². The fourth-order valence-corrected chi connectivity index (χ4v) is 3.61. The lowest BCUT2D eigenvalue weighted by Crippen LogP contribution is -2.55. The number of rotatable bonds is 4. The van der Waals surface area contributed by atoms with Crippen LogP contribution in [0.2, 0.25) is 5.02 Å². The first kappa shape index (κ1) is 16.5. The van der Waals surface area contributed by atoms with Crippen molar-refractivity contribution in [3.63, 3.8) is 0 Å². The molecule has 2 aromatic rings. The molecule has 0 bridgehead atoms. The number of nitrogens with zero attached hydrogens (tertiary/aromatic N) is 2. The number of hydrogen-bond acceptors (Lipinski definition) is 2. The van der Waals surface area contributed by atoms with Crippen LogP contribution in [-0.2, 0) is 13.1 Å². The van der Waals surface area contributed by atoms with Gasteiger partial charge in [0.1, 0.15) is 0 Å². The molecule has 1 fully saturated rings. The molecule has 0 saturated carbocycles. The van der Waals surface area contributed by atoms with Gasteiger partial charge in [-0.2, -0.15) is 0 Å². The van der Waals surface area contributed by atoms with Gasteiger partial charge in [-0.05, 0) is 37.1 Å². The molecule has 2 aromatic carbocycles. The molecule has 2 nitrogen and oxygen atoms in total. The van der Waals surface area contributed by atoms with Gasteiger partial charge in [-0.15, -0.1) is 0 Å². The summed E-state index contributed by atoms with van der Waals surface area (Å²) in [4.78, 5) is 5.16. The van der Waals surface area contributed by atoms with E-state index in [1.165, 1.54) is 11.1 Å². The van der Waals surface area contributed by atoms with Gasteiger partial charge in [-0.25, -0.2) is 0 Å². The zero-order valence-electron chi connectivity index (χ0n) is 14.0. The summed E-state index contributed by atoms with van der Waals surface area (Å²) in [6.07, 6.45) is 0. The molecule has 3 rings (SSSR count). The average Bonchev–Trinajstić information content (AvgIpc) is 2.53. The number of halogens is 1. The Morgan fingerprint density at radius 1 is 0.826 bits per heavy atom.